The quantitative estimate of drug-likeness (QED) is 0.669. The van der Waals surface area contributed by atoms with Crippen LogP contribution in [0.25, 0.3) is 0 Å². The molecule has 1 aromatic carbocycles. The number of rotatable bonds is 0. The van der Waals surface area contributed by atoms with Crippen LogP contribution in [0.2, 0.25) is 0 Å². The third-order valence-electron chi connectivity index (χ3n) is 3.37. The van der Waals surface area contributed by atoms with Crippen LogP contribution in [0, 0.1) is 0 Å². The topological polar surface area (TPSA) is 21.7 Å². The highest BCUT2D eigenvalue weighted by Crippen LogP contribution is 2.39. The maximum atomic E-state index is 5.40. The molecule has 0 saturated carbocycles. The van der Waals surface area contributed by atoms with Gasteiger partial charge in [-0.3, -0.25) is 4.90 Å². The van der Waals surface area contributed by atoms with E-state index in [1.165, 1.54) is 11.1 Å². The van der Waals surface area contributed by atoms with E-state index in [4.69, 9.17) is 9.47 Å². The van der Waals surface area contributed by atoms with Gasteiger partial charge < -0.3 is 9.47 Å². The third kappa shape index (κ3) is 1.47. The van der Waals surface area contributed by atoms with Crippen molar-refractivity contribution in [1.82, 2.24) is 4.90 Å². The molecule has 0 unspecified atom stereocenters. The SMILES string of the molecule is CC(C)(C)N1Cc2cc3c(cc2C1)OCO3. The van der Waals surface area contributed by atoms with Crippen LogP contribution in [0.1, 0.15) is 31.9 Å². The zero-order valence-electron chi connectivity index (χ0n) is 10.0. The lowest BCUT2D eigenvalue weighted by Crippen LogP contribution is -2.36. The van der Waals surface area contributed by atoms with Crippen molar-refractivity contribution in [1.29, 1.82) is 0 Å². The van der Waals surface area contributed by atoms with Crippen molar-refractivity contribution < 1.29 is 9.47 Å². The molecular formula is C13H17NO2. The first kappa shape index (κ1) is 9.97. The number of ether oxygens (including phenoxy) is 2. The van der Waals surface area contributed by atoms with E-state index < -0.39 is 0 Å². The smallest absolute Gasteiger partial charge is 0.231 e. The first-order valence-electron chi connectivity index (χ1n) is 5.70. The Hall–Kier alpha value is -1.22. The molecule has 3 nitrogen and oxygen atoms in total. The van der Waals surface area contributed by atoms with Gasteiger partial charge in [0, 0.05) is 18.6 Å². The average Bonchev–Trinajstić information content (AvgIpc) is 2.75. The van der Waals surface area contributed by atoms with Crippen LogP contribution in [0.3, 0.4) is 0 Å². The zero-order chi connectivity index (χ0) is 11.3. The minimum Gasteiger partial charge on any atom is -0.454 e. The van der Waals surface area contributed by atoms with E-state index in [1.807, 2.05) is 0 Å². The monoisotopic (exact) mass is 219 g/mol. The normalized spacial score (nSPS) is 18.9. The summed E-state index contributed by atoms with van der Waals surface area (Å²) in [6.07, 6.45) is 0. The van der Waals surface area contributed by atoms with Gasteiger partial charge in [0.1, 0.15) is 0 Å². The molecule has 86 valence electrons. The van der Waals surface area contributed by atoms with Gasteiger partial charge in [-0.05, 0) is 44.0 Å². The van der Waals surface area contributed by atoms with Crippen LogP contribution in [-0.2, 0) is 13.1 Å². The molecule has 3 rings (SSSR count). The van der Waals surface area contributed by atoms with Crippen LogP contribution in [0.4, 0.5) is 0 Å². The fraction of sp³-hybridized carbons (Fsp3) is 0.538. The summed E-state index contributed by atoms with van der Waals surface area (Å²) in [4.78, 5) is 2.47. The van der Waals surface area contributed by atoms with Gasteiger partial charge in [0.15, 0.2) is 11.5 Å². The highest BCUT2D eigenvalue weighted by Gasteiger charge is 2.30. The molecule has 2 aliphatic rings. The second kappa shape index (κ2) is 3.14. The van der Waals surface area contributed by atoms with Gasteiger partial charge in [-0.2, -0.15) is 0 Å². The molecule has 0 aliphatic carbocycles. The van der Waals surface area contributed by atoms with E-state index in [0.29, 0.717) is 6.79 Å². The van der Waals surface area contributed by atoms with E-state index >= 15 is 0 Å². The molecule has 0 radical (unpaired) electrons. The van der Waals surface area contributed by atoms with Crippen molar-refractivity contribution in [2.75, 3.05) is 6.79 Å². The number of fused-ring (bicyclic) bond motifs is 2. The predicted molar refractivity (Wildman–Crippen MR) is 61.6 cm³/mol. The Labute approximate surface area is 96.0 Å². The highest BCUT2D eigenvalue weighted by molar-refractivity contribution is 5.50. The number of nitrogens with zero attached hydrogens (tertiary/aromatic N) is 1. The van der Waals surface area contributed by atoms with E-state index in [2.05, 4.69) is 37.8 Å². The lowest BCUT2D eigenvalue weighted by Gasteiger charge is -2.31. The highest BCUT2D eigenvalue weighted by atomic mass is 16.7. The predicted octanol–water partition coefficient (Wildman–Crippen LogP) is 2.53. The van der Waals surface area contributed by atoms with E-state index in [-0.39, 0.29) is 5.54 Å². The maximum Gasteiger partial charge on any atom is 0.231 e. The summed E-state index contributed by atoms with van der Waals surface area (Å²) in [5.74, 6) is 1.80. The lowest BCUT2D eigenvalue weighted by atomic mass is 10.1. The molecule has 1 aromatic rings. The minimum absolute atomic E-state index is 0.213. The Morgan fingerprint density at radius 1 is 1.00 bits per heavy atom. The third-order valence-corrected chi connectivity index (χ3v) is 3.37. The fourth-order valence-corrected chi connectivity index (χ4v) is 2.26. The van der Waals surface area contributed by atoms with Crippen molar-refractivity contribution in [3.8, 4) is 11.5 Å². The van der Waals surface area contributed by atoms with Crippen LogP contribution in [-0.4, -0.2) is 17.2 Å². The molecule has 16 heavy (non-hydrogen) atoms. The lowest BCUT2D eigenvalue weighted by molar-refractivity contribution is 0.136. The Bertz CT molecular complexity index is 401. The van der Waals surface area contributed by atoms with Crippen molar-refractivity contribution in [2.24, 2.45) is 0 Å². The maximum absolute atomic E-state index is 5.40. The van der Waals surface area contributed by atoms with Gasteiger partial charge >= 0.3 is 0 Å². The van der Waals surface area contributed by atoms with Gasteiger partial charge in [0.05, 0.1) is 0 Å². The summed E-state index contributed by atoms with van der Waals surface area (Å²) < 4.78 is 10.8. The molecule has 0 bridgehead atoms. The molecular weight excluding hydrogens is 202 g/mol. The average molecular weight is 219 g/mol. The Kier molecular flexibility index (Phi) is 1.96. The largest absolute Gasteiger partial charge is 0.454 e. The van der Waals surface area contributed by atoms with Gasteiger partial charge in [0.25, 0.3) is 0 Å². The Balaban J connectivity index is 1.94. The summed E-state index contributed by atoms with van der Waals surface area (Å²) in [7, 11) is 0. The van der Waals surface area contributed by atoms with Crippen molar-refractivity contribution in [3.05, 3.63) is 23.3 Å². The number of benzene rings is 1. The fourth-order valence-electron chi connectivity index (χ4n) is 2.26. The Morgan fingerprint density at radius 2 is 1.50 bits per heavy atom. The molecule has 2 aliphatic heterocycles. The zero-order valence-corrected chi connectivity index (χ0v) is 10.0. The first-order valence-corrected chi connectivity index (χ1v) is 5.70. The summed E-state index contributed by atoms with van der Waals surface area (Å²) in [6, 6.07) is 4.26. The summed E-state index contributed by atoms with van der Waals surface area (Å²) in [6.45, 7) is 9.13. The van der Waals surface area contributed by atoms with Crippen LogP contribution in [0.5, 0.6) is 11.5 Å². The van der Waals surface area contributed by atoms with Crippen molar-refractivity contribution in [3.63, 3.8) is 0 Å². The van der Waals surface area contributed by atoms with Crippen molar-refractivity contribution in [2.45, 2.75) is 39.4 Å². The second-order valence-electron chi connectivity index (χ2n) is 5.50. The number of hydrogen-bond donors (Lipinski definition) is 0. The second-order valence-corrected chi connectivity index (χ2v) is 5.50. The molecule has 0 spiro atoms. The molecule has 0 N–H and O–H groups in total. The van der Waals surface area contributed by atoms with E-state index in [9.17, 15) is 0 Å². The summed E-state index contributed by atoms with van der Waals surface area (Å²) in [5.41, 5.74) is 2.96. The van der Waals surface area contributed by atoms with Crippen molar-refractivity contribution >= 4 is 0 Å². The minimum atomic E-state index is 0.213. The molecule has 0 fully saturated rings. The Morgan fingerprint density at radius 3 is 1.94 bits per heavy atom. The van der Waals surface area contributed by atoms with Crippen LogP contribution >= 0.6 is 0 Å². The molecule has 0 saturated heterocycles. The summed E-state index contributed by atoms with van der Waals surface area (Å²) >= 11 is 0. The molecule has 0 atom stereocenters. The van der Waals surface area contributed by atoms with E-state index in [0.717, 1.165) is 24.6 Å². The van der Waals surface area contributed by atoms with Gasteiger partial charge in [-0.25, -0.2) is 0 Å². The first-order chi connectivity index (χ1) is 7.54. The molecule has 2 heterocycles. The van der Waals surface area contributed by atoms with Crippen LogP contribution in [0.15, 0.2) is 12.1 Å². The standard InChI is InChI=1S/C13H17NO2/c1-13(2,3)14-6-9-4-11-12(16-8-15-11)5-10(9)7-14/h4-5H,6-8H2,1-3H3. The molecule has 0 amide bonds. The number of hydrogen-bond acceptors (Lipinski definition) is 3. The van der Waals surface area contributed by atoms with Crippen LogP contribution < -0.4 is 9.47 Å². The summed E-state index contributed by atoms with van der Waals surface area (Å²) in [5, 5.41) is 0. The van der Waals surface area contributed by atoms with Gasteiger partial charge in [-0.15, -0.1) is 0 Å². The molecule has 3 heteroatoms. The van der Waals surface area contributed by atoms with E-state index in [1.54, 1.807) is 0 Å². The molecule has 0 aromatic heterocycles. The van der Waals surface area contributed by atoms with Gasteiger partial charge in [-0.1, -0.05) is 0 Å². The van der Waals surface area contributed by atoms with Gasteiger partial charge in [0.2, 0.25) is 6.79 Å².